The molecule has 108 valence electrons. The van der Waals surface area contributed by atoms with Crippen molar-refractivity contribution >= 4 is 25.6 Å². The predicted octanol–water partition coefficient (Wildman–Crippen LogP) is 1.99. The van der Waals surface area contributed by atoms with E-state index in [2.05, 4.69) is 0 Å². The number of hydrogen-bond donors (Lipinski definition) is 1. The summed E-state index contributed by atoms with van der Waals surface area (Å²) >= 11 is 0. The minimum absolute atomic E-state index is 0.0325. The molecule has 0 aliphatic rings. The average Bonchev–Trinajstić information content (AvgIpc) is 2.70. The maximum Gasteiger partial charge on any atom is 0.268 e. The number of rotatable bonds is 5. The second-order valence-corrected chi connectivity index (χ2v) is 6.67. The fourth-order valence-electron chi connectivity index (χ4n) is 1.46. The lowest BCUT2D eigenvalue weighted by Gasteiger charge is -2.12. The van der Waals surface area contributed by atoms with Crippen LogP contribution in [-0.2, 0) is 9.05 Å². The van der Waals surface area contributed by atoms with E-state index in [0.29, 0.717) is 0 Å². The standard InChI is InChI=1S/C10H13ClF2N2O3S/c1-6(2)15-5-7(19(11,17)18)3-8(15)10(16)14-4-9(12)13/h3,5-6,9H,4H2,1-2H3,(H,14,16). The maximum absolute atomic E-state index is 12.0. The fraction of sp³-hybridized carbons (Fsp3) is 0.500. The zero-order chi connectivity index (χ0) is 14.8. The van der Waals surface area contributed by atoms with Crippen LogP contribution in [0.25, 0.3) is 0 Å². The highest BCUT2D eigenvalue weighted by Crippen LogP contribution is 2.21. The molecule has 0 unspecified atom stereocenters. The second kappa shape index (κ2) is 5.87. The highest BCUT2D eigenvalue weighted by molar-refractivity contribution is 8.13. The van der Waals surface area contributed by atoms with Gasteiger partial charge in [-0.25, -0.2) is 17.2 Å². The van der Waals surface area contributed by atoms with Crippen LogP contribution in [0.5, 0.6) is 0 Å². The van der Waals surface area contributed by atoms with Crippen molar-refractivity contribution in [1.82, 2.24) is 9.88 Å². The third-order valence-electron chi connectivity index (χ3n) is 2.31. The van der Waals surface area contributed by atoms with Crippen molar-refractivity contribution < 1.29 is 22.0 Å². The van der Waals surface area contributed by atoms with Gasteiger partial charge in [0.2, 0.25) is 0 Å². The average molecular weight is 315 g/mol. The summed E-state index contributed by atoms with van der Waals surface area (Å²) in [6.45, 7) is 2.63. The van der Waals surface area contributed by atoms with Crippen LogP contribution in [0, 0.1) is 0 Å². The molecule has 1 heterocycles. The van der Waals surface area contributed by atoms with E-state index < -0.39 is 27.9 Å². The monoisotopic (exact) mass is 314 g/mol. The molecule has 0 atom stereocenters. The number of carbonyl (C=O) groups is 1. The first-order chi connectivity index (χ1) is 8.62. The zero-order valence-electron chi connectivity index (χ0n) is 10.2. The van der Waals surface area contributed by atoms with Crippen molar-refractivity contribution in [2.24, 2.45) is 0 Å². The molecule has 1 N–H and O–H groups in total. The Bertz CT molecular complexity index is 569. The molecule has 0 fully saturated rings. The van der Waals surface area contributed by atoms with Crippen LogP contribution in [-0.4, -0.2) is 31.9 Å². The van der Waals surface area contributed by atoms with Crippen LogP contribution in [0.15, 0.2) is 17.2 Å². The van der Waals surface area contributed by atoms with Gasteiger partial charge >= 0.3 is 0 Å². The molecular weight excluding hydrogens is 302 g/mol. The first-order valence-electron chi connectivity index (χ1n) is 5.35. The van der Waals surface area contributed by atoms with Gasteiger partial charge in [0, 0.05) is 22.9 Å². The van der Waals surface area contributed by atoms with Gasteiger partial charge in [-0.05, 0) is 19.9 Å². The minimum Gasteiger partial charge on any atom is -0.345 e. The van der Waals surface area contributed by atoms with Gasteiger partial charge in [0.15, 0.2) is 0 Å². The van der Waals surface area contributed by atoms with Gasteiger partial charge in [0.1, 0.15) is 10.6 Å². The molecular formula is C10H13ClF2N2O3S. The topological polar surface area (TPSA) is 68.2 Å². The Morgan fingerprint density at radius 3 is 2.47 bits per heavy atom. The highest BCUT2D eigenvalue weighted by atomic mass is 35.7. The van der Waals surface area contributed by atoms with Gasteiger partial charge in [-0.15, -0.1) is 0 Å². The van der Waals surface area contributed by atoms with E-state index in [1.807, 2.05) is 5.32 Å². The summed E-state index contributed by atoms with van der Waals surface area (Å²) in [6, 6.07) is 0.836. The van der Waals surface area contributed by atoms with Crippen molar-refractivity contribution in [3.05, 3.63) is 18.0 Å². The molecule has 1 amide bonds. The quantitative estimate of drug-likeness (QED) is 0.845. The lowest BCUT2D eigenvalue weighted by Crippen LogP contribution is -2.30. The molecule has 1 rings (SSSR count). The van der Waals surface area contributed by atoms with E-state index in [1.54, 1.807) is 13.8 Å². The number of nitrogens with zero attached hydrogens (tertiary/aromatic N) is 1. The van der Waals surface area contributed by atoms with E-state index >= 15 is 0 Å². The van der Waals surface area contributed by atoms with Crippen LogP contribution < -0.4 is 5.32 Å². The Labute approximate surface area is 114 Å². The largest absolute Gasteiger partial charge is 0.345 e. The van der Waals surface area contributed by atoms with Crippen LogP contribution in [0.2, 0.25) is 0 Å². The molecule has 0 saturated heterocycles. The first-order valence-corrected chi connectivity index (χ1v) is 7.66. The Morgan fingerprint density at radius 1 is 1.47 bits per heavy atom. The Kier molecular flexibility index (Phi) is 4.92. The Morgan fingerprint density at radius 2 is 2.05 bits per heavy atom. The number of amides is 1. The molecule has 0 bridgehead atoms. The highest BCUT2D eigenvalue weighted by Gasteiger charge is 2.21. The summed E-state index contributed by atoms with van der Waals surface area (Å²) < 4.78 is 47.8. The summed E-state index contributed by atoms with van der Waals surface area (Å²) in [5, 5.41) is 2.01. The number of nitrogens with one attached hydrogen (secondary N) is 1. The molecule has 0 spiro atoms. The van der Waals surface area contributed by atoms with Crippen molar-refractivity contribution in [3.8, 4) is 0 Å². The molecule has 1 aromatic heterocycles. The summed E-state index contributed by atoms with van der Waals surface area (Å²) in [7, 11) is 1.21. The lowest BCUT2D eigenvalue weighted by atomic mass is 10.3. The number of hydrogen-bond acceptors (Lipinski definition) is 3. The predicted molar refractivity (Wildman–Crippen MR) is 66.2 cm³/mol. The van der Waals surface area contributed by atoms with Crippen molar-refractivity contribution in [2.45, 2.75) is 31.2 Å². The summed E-state index contributed by atoms with van der Waals surface area (Å²) in [6.07, 6.45) is -1.48. The Balaban J connectivity index is 3.12. The van der Waals surface area contributed by atoms with E-state index in [9.17, 15) is 22.0 Å². The van der Waals surface area contributed by atoms with Gasteiger partial charge in [-0.3, -0.25) is 4.79 Å². The molecule has 1 aromatic rings. The summed E-state index contributed by atoms with van der Waals surface area (Å²) in [5.74, 6) is -0.777. The zero-order valence-corrected chi connectivity index (χ0v) is 11.8. The van der Waals surface area contributed by atoms with Crippen LogP contribution in [0.3, 0.4) is 0 Å². The van der Waals surface area contributed by atoms with Gasteiger partial charge in [0.25, 0.3) is 21.4 Å². The summed E-state index contributed by atoms with van der Waals surface area (Å²) in [4.78, 5) is 11.5. The first kappa shape index (κ1) is 15.9. The van der Waals surface area contributed by atoms with Crippen LogP contribution >= 0.6 is 10.7 Å². The molecule has 0 aromatic carbocycles. The lowest BCUT2D eigenvalue weighted by molar-refractivity contribution is 0.0881. The van der Waals surface area contributed by atoms with E-state index in [1.165, 1.54) is 10.8 Å². The molecule has 0 aliphatic heterocycles. The molecule has 5 nitrogen and oxygen atoms in total. The smallest absolute Gasteiger partial charge is 0.268 e. The van der Waals surface area contributed by atoms with E-state index in [0.717, 1.165) is 6.07 Å². The number of halogens is 3. The normalized spacial score (nSPS) is 12.2. The minimum atomic E-state index is -3.98. The molecule has 0 radical (unpaired) electrons. The molecule has 0 saturated carbocycles. The van der Waals surface area contributed by atoms with E-state index in [-0.39, 0.29) is 16.6 Å². The summed E-state index contributed by atoms with van der Waals surface area (Å²) in [5.41, 5.74) is -0.0325. The molecule has 9 heteroatoms. The van der Waals surface area contributed by atoms with Gasteiger partial charge < -0.3 is 9.88 Å². The fourth-order valence-corrected chi connectivity index (χ4v) is 2.20. The second-order valence-electron chi connectivity index (χ2n) is 4.10. The third kappa shape index (κ3) is 4.17. The van der Waals surface area contributed by atoms with E-state index in [4.69, 9.17) is 10.7 Å². The third-order valence-corrected chi connectivity index (χ3v) is 3.63. The van der Waals surface area contributed by atoms with Crippen molar-refractivity contribution in [1.29, 1.82) is 0 Å². The van der Waals surface area contributed by atoms with Gasteiger partial charge in [0.05, 0.1) is 6.54 Å². The van der Waals surface area contributed by atoms with Crippen molar-refractivity contribution in [3.63, 3.8) is 0 Å². The van der Waals surface area contributed by atoms with Gasteiger partial charge in [-0.2, -0.15) is 0 Å². The van der Waals surface area contributed by atoms with Crippen LogP contribution in [0.1, 0.15) is 30.4 Å². The molecule has 19 heavy (non-hydrogen) atoms. The van der Waals surface area contributed by atoms with Gasteiger partial charge in [-0.1, -0.05) is 0 Å². The number of carbonyl (C=O) groups excluding carboxylic acids is 1. The van der Waals surface area contributed by atoms with Crippen molar-refractivity contribution in [2.75, 3.05) is 6.54 Å². The maximum atomic E-state index is 12.0. The number of alkyl halides is 2. The van der Waals surface area contributed by atoms with Crippen LogP contribution in [0.4, 0.5) is 8.78 Å². The SMILES string of the molecule is CC(C)n1cc(S(=O)(=O)Cl)cc1C(=O)NCC(F)F. The number of aromatic nitrogens is 1. The Hall–Kier alpha value is -1.15. The molecule has 0 aliphatic carbocycles.